The van der Waals surface area contributed by atoms with Crippen LogP contribution in [0, 0.1) is 6.92 Å². The number of rotatable bonds is 5. The standard InChI is InChI=1S/C15H14ClNO4S.C2H7NO2S/c1-8-12(16)6-5-10(15(8)22(2,19)20)13(18)11-7-17-21-14(11)9-3-4-9;1-3-6(2,4)5/h5-7,9H,3-4H2,1-2H3;3H,1-2H3. The third kappa shape index (κ3) is 5.40. The number of carbonyl (C=O) groups excluding carboxylic acids is 1. The largest absolute Gasteiger partial charge is 0.360 e. The number of halogens is 1. The Morgan fingerprint density at radius 1 is 1.18 bits per heavy atom. The summed E-state index contributed by atoms with van der Waals surface area (Å²) in [5.74, 6) is 0.344. The first-order valence-corrected chi connectivity index (χ1v) is 12.4. The summed E-state index contributed by atoms with van der Waals surface area (Å²) in [4.78, 5) is 12.7. The summed E-state index contributed by atoms with van der Waals surface area (Å²) >= 11 is 6.01. The minimum atomic E-state index is -3.60. The molecule has 0 bridgehead atoms. The third-order valence-corrected chi connectivity index (χ3v) is 6.54. The van der Waals surface area contributed by atoms with Crippen LogP contribution in [0.3, 0.4) is 0 Å². The summed E-state index contributed by atoms with van der Waals surface area (Å²) in [6, 6.07) is 2.97. The quantitative estimate of drug-likeness (QED) is 0.696. The van der Waals surface area contributed by atoms with E-state index in [2.05, 4.69) is 9.88 Å². The zero-order valence-corrected chi connectivity index (χ0v) is 18.2. The topological polar surface area (TPSA) is 123 Å². The van der Waals surface area contributed by atoms with Gasteiger partial charge in [-0.15, -0.1) is 0 Å². The van der Waals surface area contributed by atoms with Crippen molar-refractivity contribution in [3.05, 3.63) is 45.8 Å². The van der Waals surface area contributed by atoms with Crippen LogP contribution in [0.25, 0.3) is 0 Å². The van der Waals surface area contributed by atoms with Gasteiger partial charge < -0.3 is 4.52 Å². The molecule has 28 heavy (non-hydrogen) atoms. The number of hydrogen-bond acceptors (Lipinski definition) is 7. The van der Waals surface area contributed by atoms with Crippen molar-refractivity contribution in [3.8, 4) is 0 Å². The van der Waals surface area contributed by atoms with E-state index in [9.17, 15) is 21.6 Å². The minimum Gasteiger partial charge on any atom is -0.360 e. The Bertz CT molecular complexity index is 1100. The molecule has 3 rings (SSSR count). The maximum absolute atomic E-state index is 12.8. The molecule has 0 atom stereocenters. The van der Waals surface area contributed by atoms with E-state index in [-0.39, 0.29) is 16.4 Å². The molecular weight excluding hydrogens is 428 g/mol. The van der Waals surface area contributed by atoms with Crippen molar-refractivity contribution >= 4 is 37.2 Å². The lowest BCUT2D eigenvalue weighted by Gasteiger charge is -2.11. The molecule has 0 unspecified atom stereocenters. The molecule has 154 valence electrons. The number of aromatic nitrogens is 1. The molecule has 8 nitrogen and oxygen atoms in total. The molecule has 1 aliphatic rings. The van der Waals surface area contributed by atoms with E-state index in [0.717, 1.165) is 25.4 Å². The fourth-order valence-electron chi connectivity index (χ4n) is 2.53. The van der Waals surface area contributed by atoms with Gasteiger partial charge >= 0.3 is 0 Å². The van der Waals surface area contributed by atoms with E-state index >= 15 is 0 Å². The highest BCUT2D eigenvalue weighted by molar-refractivity contribution is 7.90. The first kappa shape index (κ1) is 22.5. The van der Waals surface area contributed by atoms with Crippen molar-refractivity contribution in [1.29, 1.82) is 0 Å². The highest BCUT2D eigenvalue weighted by Crippen LogP contribution is 2.42. The first-order valence-electron chi connectivity index (χ1n) is 8.23. The number of nitrogens with zero attached hydrogens (tertiary/aromatic N) is 1. The molecule has 0 amide bonds. The Morgan fingerprint density at radius 2 is 1.75 bits per heavy atom. The Hall–Kier alpha value is -1.75. The maximum Gasteiger partial charge on any atom is 0.208 e. The summed E-state index contributed by atoms with van der Waals surface area (Å²) in [7, 11) is -5.14. The van der Waals surface area contributed by atoms with Gasteiger partial charge in [0, 0.05) is 22.8 Å². The van der Waals surface area contributed by atoms with Crippen molar-refractivity contribution in [2.75, 3.05) is 19.6 Å². The zero-order valence-electron chi connectivity index (χ0n) is 15.8. The number of nitrogens with one attached hydrogen (secondary N) is 1. The van der Waals surface area contributed by atoms with Crippen molar-refractivity contribution in [2.24, 2.45) is 0 Å². The van der Waals surface area contributed by atoms with Crippen LogP contribution in [0.4, 0.5) is 0 Å². The summed E-state index contributed by atoms with van der Waals surface area (Å²) < 4.78 is 51.2. The highest BCUT2D eigenvalue weighted by Gasteiger charge is 2.34. The fraction of sp³-hybridized carbons (Fsp3) is 0.412. The van der Waals surface area contributed by atoms with Gasteiger partial charge in [-0.05, 0) is 44.5 Å². The highest BCUT2D eigenvalue weighted by atomic mass is 35.5. The normalized spacial score (nSPS) is 14.3. The van der Waals surface area contributed by atoms with Crippen LogP contribution >= 0.6 is 11.6 Å². The number of ketones is 1. The van der Waals surface area contributed by atoms with Crippen LogP contribution < -0.4 is 4.72 Å². The summed E-state index contributed by atoms with van der Waals surface area (Å²) in [5, 5.41) is 4.00. The smallest absolute Gasteiger partial charge is 0.208 e. The molecule has 0 aliphatic heterocycles. The van der Waals surface area contributed by atoms with E-state index in [0.29, 0.717) is 21.9 Å². The average Bonchev–Trinajstić information content (AvgIpc) is 3.32. The molecular formula is C17H21ClN2O6S2. The second kappa shape index (κ2) is 8.32. The van der Waals surface area contributed by atoms with Crippen molar-refractivity contribution in [1.82, 2.24) is 9.88 Å². The Morgan fingerprint density at radius 3 is 2.21 bits per heavy atom. The van der Waals surface area contributed by atoms with Gasteiger partial charge in [-0.1, -0.05) is 16.8 Å². The zero-order chi connectivity index (χ0) is 21.3. The third-order valence-electron chi connectivity index (χ3n) is 4.12. The molecule has 11 heteroatoms. The molecule has 1 heterocycles. The predicted molar refractivity (Wildman–Crippen MR) is 105 cm³/mol. The second-order valence-electron chi connectivity index (χ2n) is 6.50. The van der Waals surface area contributed by atoms with Crippen LogP contribution in [-0.4, -0.2) is 47.3 Å². The van der Waals surface area contributed by atoms with E-state index < -0.39 is 25.6 Å². The number of sulfonamides is 1. The molecule has 2 aromatic rings. The summed E-state index contributed by atoms with van der Waals surface area (Å²) in [6.07, 6.45) is 5.43. The molecule has 1 saturated carbocycles. The molecule has 0 radical (unpaired) electrons. The lowest BCUT2D eigenvalue weighted by Crippen LogP contribution is -2.15. The van der Waals surface area contributed by atoms with Crippen molar-refractivity contribution in [2.45, 2.75) is 30.6 Å². The van der Waals surface area contributed by atoms with Crippen LogP contribution in [0.15, 0.2) is 27.7 Å². The molecule has 1 aliphatic carbocycles. The van der Waals surface area contributed by atoms with Crippen LogP contribution in [0.1, 0.15) is 46.0 Å². The lowest BCUT2D eigenvalue weighted by molar-refractivity contribution is 0.103. The SMILES string of the molecule is CNS(C)(=O)=O.Cc1c(Cl)ccc(C(=O)c2cnoc2C2CC2)c1S(C)(=O)=O. The minimum absolute atomic E-state index is 0.0343. The van der Waals surface area contributed by atoms with Gasteiger partial charge in [0.05, 0.1) is 22.9 Å². The molecule has 0 spiro atoms. The van der Waals surface area contributed by atoms with E-state index in [1.54, 1.807) is 6.92 Å². The Kier molecular flexibility index (Phi) is 6.70. The number of sulfone groups is 1. The van der Waals surface area contributed by atoms with Gasteiger partial charge in [0.25, 0.3) is 0 Å². The van der Waals surface area contributed by atoms with E-state index in [1.165, 1.54) is 25.4 Å². The summed E-state index contributed by atoms with van der Waals surface area (Å²) in [6.45, 7) is 1.59. The summed E-state index contributed by atoms with van der Waals surface area (Å²) in [5.41, 5.74) is 0.808. The Balaban J connectivity index is 0.000000409. The van der Waals surface area contributed by atoms with Crippen LogP contribution in [0.2, 0.25) is 5.02 Å². The van der Waals surface area contributed by atoms with Crippen molar-refractivity contribution < 1.29 is 26.2 Å². The molecule has 1 N–H and O–H groups in total. The lowest BCUT2D eigenvalue weighted by atomic mass is 10.0. The van der Waals surface area contributed by atoms with Gasteiger partial charge in [-0.3, -0.25) is 4.79 Å². The molecule has 1 aromatic carbocycles. The van der Waals surface area contributed by atoms with Crippen LogP contribution in [0.5, 0.6) is 0 Å². The molecule has 1 aromatic heterocycles. The molecule has 1 fully saturated rings. The second-order valence-corrected chi connectivity index (χ2v) is 10.8. The first-order chi connectivity index (χ1) is 12.9. The Labute approximate surface area is 169 Å². The predicted octanol–water partition coefficient (Wildman–Crippen LogP) is 2.31. The van der Waals surface area contributed by atoms with Gasteiger partial charge in [0.1, 0.15) is 0 Å². The van der Waals surface area contributed by atoms with Crippen molar-refractivity contribution in [3.63, 3.8) is 0 Å². The number of carbonyl (C=O) groups is 1. The van der Waals surface area contributed by atoms with Gasteiger partial charge in [-0.25, -0.2) is 21.6 Å². The average molecular weight is 449 g/mol. The monoisotopic (exact) mass is 448 g/mol. The van der Waals surface area contributed by atoms with E-state index in [4.69, 9.17) is 16.1 Å². The van der Waals surface area contributed by atoms with Gasteiger partial charge in [-0.2, -0.15) is 0 Å². The molecule has 0 saturated heterocycles. The number of hydrogen-bond donors (Lipinski definition) is 1. The number of benzene rings is 1. The van der Waals surface area contributed by atoms with Gasteiger partial charge in [0.2, 0.25) is 10.0 Å². The van der Waals surface area contributed by atoms with Gasteiger partial charge in [0.15, 0.2) is 21.4 Å². The fourth-order valence-corrected chi connectivity index (χ4v) is 3.97. The maximum atomic E-state index is 12.8. The van der Waals surface area contributed by atoms with E-state index in [1.807, 2.05) is 0 Å². The van der Waals surface area contributed by atoms with Crippen LogP contribution in [-0.2, 0) is 19.9 Å².